The van der Waals surface area contributed by atoms with Crippen LogP contribution >= 0.6 is 0 Å². The number of benzene rings is 3. The quantitative estimate of drug-likeness (QED) is 0.469. The molecule has 0 saturated carbocycles. The number of β-amino-alcohol motifs (C(OH)–C–C–N with tert-alkyl or cyclic N) is 1. The van der Waals surface area contributed by atoms with Gasteiger partial charge in [0.15, 0.2) is 0 Å². The Bertz CT molecular complexity index is 997. The van der Waals surface area contributed by atoms with E-state index in [0.29, 0.717) is 38.2 Å². The molecule has 5 nitrogen and oxygen atoms in total. The molecule has 0 bridgehead atoms. The standard InChI is InChI=1S/C29H35NO4/c1-23-7-9-24(10-8-23)19-29(32)15-17-30(18-16-29)20-26(31)22-34-28-13-11-27(12-14-28)33-21-25-5-3-2-4-6-25/h2-14,26,31-32H,15-22H2,1H3. The molecular weight excluding hydrogens is 426 g/mol. The average molecular weight is 462 g/mol. The fourth-order valence-electron chi connectivity index (χ4n) is 4.33. The average Bonchev–Trinajstić information content (AvgIpc) is 2.86. The molecular formula is C29H35NO4. The summed E-state index contributed by atoms with van der Waals surface area (Å²) < 4.78 is 11.6. The van der Waals surface area contributed by atoms with Crippen LogP contribution in [0.3, 0.4) is 0 Å². The number of likely N-dealkylation sites (tertiary alicyclic amines) is 1. The van der Waals surface area contributed by atoms with E-state index in [2.05, 4.69) is 36.1 Å². The lowest BCUT2D eigenvalue weighted by atomic mass is 9.85. The van der Waals surface area contributed by atoms with Crippen LogP contribution in [0.2, 0.25) is 0 Å². The Balaban J connectivity index is 1.16. The first-order valence-corrected chi connectivity index (χ1v) is 12.1. The predicted octanol–water partition coefficient (Wildman–Crippen LogP) is 4.38. The number of aliphatic hydroxyl groups excluding tert-OH is 1. The van der Waals surface area contributed by atoms with Crippen molar-refractivity contribution in [3.05, 3.63) is 95.6 Å². The Morgan fingerprint density at radius 2 is 1.44 bits per heavy atom. The van der Waals surface area contributed by atoms with E-state index >= 15 is 0 Å². The lowest BCUT2D eigenvalue weighted by molar-refractivity contribution is -0.0325. The van der Waals surface area contributed by atoms with Gasteiger partial charge in [-0.25, -0.2) is 0 Å². The van der Waals surface area contributed by atoms with Crippen LogP contribution in [0.4, 0.5) is 0 Å². The Kier molecular flexibility index (Phi) is 8.22. The number of nitrogens with zero attached hydrogens (tertiary/aromatic N) is 1. The molecule has 1 heterocycles. The van der Waals surface area contributed by atoms with Crippen molar-refractivity contribution in [3.8, 4) is 11.5 Å². The second kappa shape index (κ2) is 11.5. The maximum absolute atomic E-state index is 11.0. The van der Waals surface area contributed by atoms with Gasteiger partial charge in [-0.2, -0.15) is 0 Å². The first-order valence-electron chi connectivity index (χ1n) is 12.1. The topological polar surface area (TPSA) is 62.2 Å². The summed E-state index contributed by atoms with van der Waals surface area (Å²) in [6.07, 6.45) is 1.51. The molecule has 2 N–H and O–H groups in total. The smallest absolute Gasteiger partial charge is 0.120 e. The molecule has 0 aromatic heterocycles. The molecule has 34 heavy (non-hydrogen) atoms. The van der Waals surface area contributed by atoms with Gasteiger partial charge in [0.2, 0.25) is 0 Å². The predicted molar refractivity (Wildman–Crippen MR) is 134 cm³/mol. The Morgan fingerprint density at radius 1 is 0.824 bits per heavy atom. The van der Waals surface area contributed by atoms with Crippen LogP contribution < -0.4 is 9.47 Å². The minimum Gasteiger partial charge on any atom is -0.491 e. The molecule has 1 saturated heterocycles. The fourth-order valence-corrected chi connectivity index (χ4v) is 4.33. The maximum atomic E-state index is 11.0. The van der Waals surface area contributed by atoms with E-state index < -0.39 is 11.7 Å². The summed E-state index contributed by atoms with van der Waals surface area (Å²) in [4.78, 5) is 2.21. The molecule has 1 aliphatic rings. The van der Waals surface area contributed by atoms with Gasteiger partial charge in [-0.3, -0.25) is 0 Å². The molecule has 3 aromatic carbocycles. The Morgan fingerprint density at radius 3 is 2.09 bits per heavy atom. The van der Waals surface area contributed by atoms with Crippen molar-refractivity contribution in [2.45, 2.75) is 44.5 Å². The zero-order valence-electron chi connectivity index (χ0n) is 19.9. The van der Waals surface area contributed by atoms with Crippen molar-refractivity contribution < 1.29 is 19.7 Å². The second-order valence-electron chi connectivity index (χ2n) is 9.40. The number of aryl methyl sites for hydroxylation is 1. The Hall–Kier alpha value is -2.86. The molecule has 1 aliphatic heterocycles. The van der Waals surface area contributed by atoms with Crippen molar-refractivity contribution in [2.75, 3.05) is 26.2 Å². The van der Waals surface area contributed by atoms with Gasteiger partial charge >= 0.3 is 0 Å². The van der Waals surface area contributed by atoms with E-state index in [0.717, 1.165) is 24.4 Å². The summed E-state index contributed by atoms with van der Waals surface area (Å²) in [7, 11) is 0. The van der Waals surface area contributed by atoms with Crippen molar-refractivity contribution in [1.82, 2.24) is 4.90 Å². The van der Waals surface area contributed by atoms with Crippen molar-refractivity contribution in [1.29, 1.82) is 0 Å². The zero-order chi connectivity index (χ0) is 23.8. The lowest BCUT2D eigenvalue weighted by Gasteiger charge is -2.39. The highest BCUT2D eigenvalue weighted by Gasteiger charge is 2.32. The minimum atomic E-state index is -0.669. The highest BCUT2D eigenvalue weighted by molar-refractivity contribution is 5.31. The van der Waals surface area contributed by atoms with E-state index in [1.165, 1.54) is 11.1 Å². The van der Waals surface area contributed by atoms with Crippen LogP contribution in [0.25, 0.3) is 0 Å². The maximum Gasteiger partial charge on any atom is 0.120 e. The van der Waals surface area contributed by atoms with Gasteiger partial charge in [-0.15, -0.1) is 0 Å². The molecule has 5 heteroatoms. The first-order chi connectivity index (χ1) is 16.5. The van der Waals surface area contributed by atoms with Gasteiger partial charge in [0.25, 0.3) is 0 Å². The van der Waals surface area contributed by atoms with Gasteiger partial charge in [0, 0.05) is 26.1 Å². The number of aliphatic hydroxyl groups is 2. The van der Waals surface area contributed by atoms with Gasteiger partial charge in [-0.05, 0) is 55.2 Å². The van der Waals surface area contributed by atoms with Gasteiger partial charge in [0.05, 0.1) is 5.60 Å². The highest BCUT2D eigenvalue weighted by atomic mass is 16.5. The molecule has 0 spiro atoms. The molecule has 3 aromatic rings. The molecule has 4 rings (SSSR count). The third-order valence-corrected chi connectivity index (χ3v) is 6.42. The van der Waals surface area contributed by atoms with Crippen LogP contribution in [0, 0.1) is 6.92 Å². The third kappa shape index (κ3) is 7.32. The number of rotatable bonds is 10. The minimum absolute atomic E-state index is 0.231. The molecule has 0 amide bonds. The van der Waals surface area contributed by atoms with Crippen LogP contribution in [-0.2, 0) is 13.0 Å². The van der Waals surface area contributed by atoms with E-state index in [9.17, 15) is 10.2 Å². The van der Waals surface area contributed by atoms with Gasteiger partial charge < -0.3 is 24.6 Å². The summed E-state index contributed by atoms with van der Waals surface area (Å²) in [6.45, 7) is 4.91. The second-order valence-corrected chi connectivity index (χ2v) is 9.40. The zero-order valence-corrected chi connectivity index (χ0v) is 19.9. The van der Waals surface area contributed by atoms with Crippen LogP contribution in [0.1, 0.15) is 29.5 Å². The summed E-state index contributed by atoms with van der Waals surface area (Å²) in [5.41, 5.74) is 2.86. The van der Waals surface area contributed by atoms with Crippen molar-refractivity contribution >= 4 is 0 Å². The number of hydrogen-bond donors (Lipinski definition) is 2. The summed E-state index contributed by atoms with van der Waals surface area (Å²) >= 11 is 0. The first kappa shape index (κ1) is 24.3. The molecule has 0 radical (unpaired) electrons. The molecule has 1 atom stereocenters. The van der Waals surface area contributed by atoms with Gasteiger partial charge in [0.1, 0.15) is 30.8 Å². The number of ether oxygens (including phenoxy) is 2. The number of hydrogen-bond acceptors (Lipinski definition) is 5. The SMILES string of the molecule is Cc1ccc(CC2(O)CCN(CC(O)COc3ccc(OCc4ccccc4)cc3)CC2)cc1. The molecule has 0 aliphatic carbocycles. The number of piperidine rings is 1. The molecule has 1 unspecified atom stereocenters. The monoisotopic (exact) mass is 461 g/mol. The fraction of sp³-hybridized carbons (Fsp3) is 0.379. The van der Waals surface area contributed by atoms with E-state index in [1.807, 2.05) is 54.6 Å². The summed E-state index contributed by atoms with van der Waals surface area (Å²) in [5.74, 6) is 1.49. The summed E-state index contributed by atoms with van der Waals surface area (Å²) in [5, 5.41) is 21.5. The largest absolute Gasteiger partial charge is 0.491 e. The molecule has 1 fully saturated rings. The van der Waals surface area contributed by atoms with Gasteiger partial charge in [-0.1, -0.05) is 60.2 Å². The van der Waals surface area contributed by atoms with Crippen molar-refractivity contribution in [3.63, 3.8) is 0 Å². The van der Waals surface area contributed by atoms with E-state index in [4.69, 9.17) is 9.47 Å². The van der Waals surface area contributed by atoms with Crippen LogP contribution in [0.5, 0.6) is 11.5 Å². The lowest BCUT2D eigenvalue weighted by Crippen LogP contribution is -2.48. The normalized spacial score (nSPS) is 16.7. The third-order valence-electron chi connectivity index (χ3n) is 6.42. The van der Waals surface area contributed by atoms with Crippen molar-refractivity contribution in [2.24, 2.45) is 0 Å². The van der Waals surface area contributed by atoms with E-state index in [-0.39, 0.29) is 6.61 Å². The Labute approximate surface area is 202 Å². The molecule has 180 valence electrons. The van der Waals surface area contributed by atoms with E-state index in [1.54, 1.807) is 0 Å². The highest BCUT2D eigenvalue weighted by Crippen LogP contribution is 2.27. The van der Waals surface area contributed by atoms with Crippen LogP contribution in [-0.4, -0.2) is 53.1 Å². The summed E-state index contributed by atoms with van der Waals surface area (Å²) in [6, 6.07) is 25.9. The van der Waals surface area contributed by atoms with Crippen LogP contribution in [0.15, 0.2) is 78.9 Å².